The van der Waals surface area contributed by atoms with Gasteiger partial charge in [0.15, 0.2) is 0 Å². The van der Waals surface area contributed by atoms with Crippen LogP contribution in [0.2, 0.25) is 0 Å². The van der Waals surface area contributed by atoms with E-state index in [2.05, 4.69) is 10.3 Å². The fourth-order valence-corrected chi connectivity index (χ4v) is 6.28. The molecule has 0 radical (unpaired) electrons. The van der Waals surface area contributed by atoms with Gasteiger partial charge in [0.05, 0.1) is 18.7 Å². The normalized spacial score (nSPS) is 19.1. The highest BCUT2D eigenvalue weighted by molar-refractivity contribution is 8.22. The topological polar surface area (TPSA) is 121 Å². The van der Waals surface area contributed by atoms with Gasteiger partial charge >= 0.3 is 5.97 Å². The second-order valence-electron chi connectivity index (χ2n) is 10.0. The first kappa shape index (κ1) is 27.1. The number of carboxylic acids is 1. The van der Waals surface area contributed by atoms with Crippen LogP contribution in [0.3, 0.4) is 0 Å². The van der Waals surface area contributed by atoms with E-state index in [1.807, 2.05) is 58.2 Å². The van der Waals surface area contributed by atoms with Crippen molar-refractivity contribution in [1.82, 2.24) is 19.3 Å². The van der Waals surface area contributed by atoms with Gasteiger partial charge in [-0.1, -0.05) is 35.5 Å². The number of para-hydroxylation sites is 1. The molecular formula is C27H36N4O5S. The molecule has 37 heavy (non-hydrogen) atoms. The molecule has 1 aliphatic heterocycles. The molecule has 3 N–H and O–H groups in total. The maximum Gasteiger partial charge on any atom is 0.303 e. The minimum Gasteiger partial charge on any atom is -0.487 e. The van der Waals surface area contributed by atoms with Gasteiger partial charge in [0, 0.05) is 18.8 Å². The van der Waals surface area contributed by atoms with Crippen LogP contribution in [-0.4, -0.2) is 52.1 Å². The molecule has 0 aliphatic carbocycles. The van der Waals surface area contributed by atoms with Crippen molar-refractivity contribution < 1.29 is 23.7 Å². The summed E-state index contributed by atoms with van der Waals surface area (Å²) in [7, 11) is -3.27. The van der Waals surface area contributed by atoms with Crippen LogP contribution >= 0.6 is 10.8 Å². The lowest BCUT2D eigenvalue weighted by atomic mass is 9.88. The van der Waals surface area contributed by atoms with Crippen molar-refractivity contribution in [2.24, 2.45) is 0 Å². The van der Waals surface area contributed by atoms with Crippen molar-refractivity contribution in [1.29, 1.82) is 0 Å². The van der Waals surface area contributed by atoms with Crippen molar-refractivity contribution >= 4 is 16.7 Å². The molecule has 1 aliphatic rings. The van der Waals surface area contributed by atoms with E-state index >= 15 is 0 Å². The number of carbonyl (C=O) groups is 1. The summed E-state index contributed by atoms with van der Waals surface area (Å²) in [6.45, 7) is 8.59. The molecule has 2 aromatic carbocycles. The lowest BCUT2D eigenvalue weighted by molar-refractivity contribution is -0.137. The number of aliphatic carboxylic acids is 1. The van der Waals surface area contributed by atoms with Gasteiger partial charge < -0.3 is 9.84 Å². The number of fused-ring (bicyclic) bond motifs is 1. The number of ether oxygens (including phenoxy) is 1. The van der Waals surface area contributed by atoms with Gasteiger partial charge in [-0.3, -0.25) is 13.9 Å². The SMILES string of the molecule is Cc1ccc(C(CCc2cn(C(C)C)nn2)CC(=O)O)cc1CN1CC(C)Oc2ccccc2S1(O)O. The van der Waals surface area contributed by atoms with Crippen molar-refractivity contribution in [3.63, 3.8) is 0 Å². The zero-order chi connectivity index (χ0) is 26.7. The summed E-state index contributed by atoms with van der Waals surface area (Å²) in [5.41, 5.74) is 3.67. The van der Waals surface area contributed by atoms with E-state index < -0.39 is 16.7 Å². The molecule has 10 heteroatoms. The molecule has 2 heterocycles. The molecule has 0 amide bonds. The third kappa shape index (κ3) is 6.32. The van der Waals surface area contributed by atoms with E-state index in [0.717, 1.165) is 22.4 Å². The quantitative estimate of drug-likeness (QED) is 0.325. The number of hydrogen-bond donors (Lipinski definition) is 3. The van der Waals surface area contributed by atoms with Crippen molar-refractivity contribution in [2.75, 3.05) is 6.54 Å². The first-order valence-electron chi connectivity index (χ1n) is 12.6. The van der Waals surface area contributed by atoms with Crippen LogP contribution in [0.1, 0.15) is 68.0 Å². The summed E-state index contributed by atoms with van der Waals surface area (Å²) in [5, 5.41) is 18.0. The molecular weight excluding hydrogens is 492 g/mol. The number of nitrogens with zero attached hydrogens (tertiary/aromatic N) is 4. The van der Waals surface area contributed by atoms with E-state index in [1.54, 1.807) is 27.2 Å². The average molecular weight is 529 g/mol. The average Bonchev–Trinajstić information content (AvgIpc) is 3.29. The summed E-state index contributed by atoms with van der Waals surface area (Å²) < 4.78 is 32.0. The third-order valence-electron chi connectivity index (χ3n) is 6.74. The minimum atomic E-state index is -3.27. The lowest BCUT2D eigenvalue weighted by Gasteiger charge is -2.42. The van der Waals surface area contributed by atoms with Crippen LogP contribution < -0.4 is 4.74 Å². The molecule has 0 saturated carbocycles. The Labute approximate surface area is 219 Å². The maximum absolute atomic E-state index is 11.7. The Bertz CT molecular complexity index is 1250. The van der Waals surface area contributed by atoms with Crippen LogP contribution in [0.25, 0.3) is 0 Å². The summed E-state index contributed by atoms with van der Waals surface area (Å²) >= 11 is 0. The summed E-state index contributed by atoms with van der Waals surface area (Å²) in [6.07, 6.45) is 2.90. The first-order chi connectivity index (χ1) is 17.5. The predicted octanol–water partition coefficient (Wildman–Crippen LogP) is 5.67. The van der Waals surface area contributed by atoms with Crippen LogP contribution in [-0.2, 0) is 17.8 Å². The zero-order valence-corrected chi connectivity index (χ0v) is 22.6. The maximum atomic E-state index is 11.7. The predicted molar refractivity (Wildman–Crippen MR) is 143 cm³/mol. The molecule has 4 rings (SSSR count). The summed E-state index contributed by atoms with van der Waals surface area (Å²) in [4.78, 5) is 12.1. The number of aromatic nitrogens is 3. The largest absolute Gasteiger partial charge is 0.487 e. The van der Waals surface area contributed by atoms with E-state index in [0.29, 0.717) is 36.6 Å². The van der Waals surface area contributed by atoms with Crippen molar-refractivity contribution in [2.45, 2.75) is 76.5 Å². The molecule has 0 spiro atoms. The molecule has 2 atom stereocenters. The van der Waals surface area contributed by atoms with E-state index in [1.165, 1.54) is 0 Å². The van der Waals surface area contributed by atoms with Gasteiger partial charge in [-0.2, -0.15) is 4.31 Å². The molecule has 0 bridgehead atoms. The van der Waals surface area contributed by atoms with E-state index in [-0.39, 0.29) is 24.5 Å². The number of hydrogen-bond acceptors (Lipinski definition) is 7. The molecule has 0 fully saturated rings. The Morgan fingerprint density at radius 2 is 1.97 bits per heavy atom. The number of rotatable bonds is 9. The third-order valence-corrected chi connectivity index (χ3v) is 8.67. The molecule has 9 nitrogen and oxygen atoms in total. The van der Waals surface area contributed by atoms with Gasteiger partial charge in [0.2, 0.25) is 0 Å². The fourth-order valence-electron chi connectivity index (χ4n) is 4.62. The Kier molecular flexibility index (Phi) is 8.23. The summed E-state index contributed by atoms with van der Waals surface area (Å²) in [5.74, 6) is -0.588. The van der Waals surface area contributed by atoms with Gasteiger partial charge in [0.25, 0.3) is 0 Å². The molecule has 0 saturated heterocycles. The van der Waals surface area contributed by atoms with Crippen LogP contribution in [0.4, 0.5) is 0 Å². The molecule has 2 unspecified atom stereocenters. The van der Waals surface area contributed by atoms with E-state index in [9.17, 15) is 19.0 Å². The number of benzene rings is 2. The van der Waals surface area contributed by atoms with Crippen molar-refractivity contribution in [3.8, 4) is 5.75 Å². The van der Waals surface area contributed by atoms with Gasteiger partial charge in [-0.05, 0) is 75.3 Å². The number of carboxylic acid groups (broad SMARTS) is 1. The minimum absolute atomic E-state index is 0.00201. The standard InChI is InChI=1S/C27H36N4O5S/c1-18(2)31-17-24(28-29-31)12-11-22(14-27(32)33)21-10-9-19(3)23(13-21)16-30-15-20(4)36-25-7-5-6-8-26(25)37(30,34)35/h5-10,13,17-18,20,22,34-35H,11-12,14-16H2,1-4H3,(H,32,33). The highest BCUT2D eigenvalue weighted by Crippen LogP contribution is 2.57. The fraction of sp³-hybridized carbons (Fsp3) is 0.444. The zero-order valence-electron chi connectivity index (χ0n) is 21.7. The van der Waals surface area contributed by atoms with E-state index in [4.69, 9.17) is 4.74 Å². The highest BCUT2D eigenvalue weighted by atomic mass is 32.3. The smallest absolute Gasteiger partial charge is 0.303 e. The van der Waals surface area contributed by atoms with Gasteiger partial charge in [-0.25, -0.2) is 4.68 Å². The Morgan fingerprint density at radius 1 is 1.22 bits per heavy atom. The Hall–Kier alpha value is -2.92. The summed E-state index contributed by atoms with van der Waals surface area (Å²) in [6, 6.07) is 13.2. The second-order valence-corrected chi connectivity index (χ2v) is 12.0. The molecule has 3 aromatic rings. The highest BCUT2D eigenvalue weighted by Gasteiger charge is 2.34. The van der Waals surface area contributed by atoms with Crippen molar-refractivity contribution in [3.05, 3.63) is 71.0 Å². The van der Waals surface area contributed by atoms with Crippen LogP contribution in [0.15, 0.2) is 53.6 Å². The molecule has 200 valence electrons. The van der Waals surface area contributed by atoms with Gasteiger partial charge in [0.1, 0.15) is 16.7 Å². The first-order valence-corrected chi connectivity index (χ1v) is 14.1. The monoisotopic (exact) mass is 528 g/mol. The number of aryl methyl sites for hydroxylation is 2. The second kappa shape index (κ2) is 11.2. The van der Waals surface area contributed by atoms with Crippen LogP contribution in [0, 0.1) is 6.92 Å². The Morgan fingerprint density at radius 3 is 2.68 bits per heavy atom. The molecule has 1 aromatic heterocycles. The lowest BCUT2D eigenvalue weighted by Crippen LogP contribution is -2.33. The Balaban J connectivity index is 1.58. The van der Waals surface area contributed by atoms with Crippen LogP contribution in [0.5, 0.6) is 5.75 Å². The van der Waals surface area contributed by atoms with Gasteiger partial charge in [-0.15, -0.1) is 15.9 Å².